The molecule has 0 saturated heterocycles. The fourth-order valence-electron chi connectivity index (χ4n) is 1.58. The van der Waals surface area contributed by atoms with Crippen LogP contribution >= 0.6 is 22.7 Å². The Balaban J connectivity index is 1.71. The zero-order valence-corrected chi connectivity index (χ0v) is 11.6. The zero-order chi connectivity index (χ0) is 13.9. The standard InChI is InChI=1S/C12H8N4O2S2/c17-16(18)11-6-5-8(19-11)7-13-15-12-14-9-3-1-2-4-10(9)20-12/h1-7H,(H,14,15)/b13-7+. The first kappa shape index (κ1) is 12.7. The largest absolute Gasteiger partial charge is 0.324 e. The van der Waals surface area contributed by atoms with E-state index in [4.69, 9.17) is 0 Å². The molecule has 0 aliphatic rings. The summed E-state index contributed by atoms with van der Waals surface area (Å²) >= 11 is 2.58. The molecule has 2 aromatic heterocycles. The number of anilines is 1. The summed E-state index contributed by atoms with van der Waals surface area (Å²) in [7, 11) is 0. The number of rotatable bonds is 4. The molecule has 0 fully saturated rings. The predicted molar refractivity (Wildman–Crippen MR) is 81.8 cm³/mol. The summed E-state index contributed by atoms with van der Waals surface area (Å²) in [6.45, 7) is 0. The molecule has 0 radical (unpaired) electrons. The zero-order valence-electron chi connectivity index (χ0n) is 10.0. The molecule has 2 heterocycles. The molecule has 0 saturated carbocycles. The van der Waals surface area contributed by atoms with Crippen LogP contribution in [0.15, 0.2) is 41.5 Å². The van der Waals surface area contributed by atoms with Gasteiger partial charge in [0.05, 0.1) is 26.2 Å². The van der Waals surface area contributed by atoms with Crippen molar-refractivity contribution in [3.05, 3.63) is 51.4 Å². The highest BCUT2D eigenvalue weighted by atomic mass is 32.1. The summed E-state index contributed by atoms with van der Waals surface area (Å²) in [4.78, 5) is 15.2. The van der Waals surface area contributed by atoms with Gasteiger partial charge in [-0.2, -0.15) is 5.10 Å². The monoisotopic (exact) mass is 304 g/mol. The number of aromatic nitrogens is 1. The molecule has 0 bridgehead atoms. The minimum atomic E-state index is -0.414. The van der Waals surface area contributed by atoms with Crippen LogP contribution in [0, 0.1) is 10.1 Å². The fraction of sp³-hybridized carbons (Fsp3) is 0. The molecular weight excluding hydrogens is 296 g/mol. The minimum Gasteiger partial charge on any atom is -0.258 e. The molecule has 0 spiro atoms. The number of nitrogens with one attached hydrogen (secondary N) is 1. The third-order valence-electron chi connectivity index (χ3n) is 2.44. The van der Waals surface area contributed by atoms with E-state index < -0.39 is 4.92 Å². The summed E-state index contributed by atoms with van der Waals surface area (Å²) in [5.74, 6) is 0. The van der Waals surface area contributed by atoms with E-state index in [9.17, 15) is 10.1 Å². The third-order valence-corrected chi connectivity index (χ3v) is 4.35. The van der Waals surface area contributed by atoms with Crippen LogP contribution < -0.4 is 5.43 Å². The lowest BCUT2D eigenvalue weighted by Gasteiger charge is -1.90. The molecule has 8 heteroatoms. The number of thiophene rings is 1. The van der Waals surface area contributed by atoms with Gasteiger partial charge in [-0.1, -0.05) is 34.8 Å². The van der Waals surface area contributed by atoms with E-state index in [-0.39, 0.29) is 5.00 Å². The first-order valence-electron chi connectivity index (χ1n) is 5.61. The molecule has 100 valence electrons. The summed E-state index contributed by atoms with van der Waals surface area (Å²) < 4.78 is 1.08. The highest BCUT2D eigenvalue weighted by molar-refractivity contribution is 7.22. The SMILES string of the molecule is O=[N+]([O-])c1ccc(/C=N/Nc2nc3ccccc3s2)s1. The molecule has 1 N–H and O–H groups in total. The van der Waals surface area contributed by atoms with Crippen molar-refractivity contribution < 1.29 is 4.92 Å². The number of hydrogen-bond acceptors (Lipinski definition) is 7. The summed E-state index contributed by atoms with van der Waals surface area (Å²) in [5.41, 5.74) is 3.75. The van der Waals surface area contributed by atoms with Gasteiger partial charge in [-0.05, 0) is 18.2 Å². The topological polar surface area (TPSA) is 80.4 Å². The molecule has 0 aliphatic heterocycles. The van der Waals surface area contributed by atoms with Gasteiger partial charge in [-0.15, -0.1) is 0 Å². The summed E-state index contributed by atoms with van der Waals surface area (Å²) in [6.07, 6.45) is 1.55. The molecule has 3 rings (SSSR count). The molecular formula is C12H8N4O2S2. The number of thiazole rings is 1. The maximum absolute atomic E-state index is 10.6. The number of hydrogen-bond donors (Lipinski definition) is 1. The van der Waals surface area contributed by atoms with Crippen molar-refractivity contribution in [3.8, 4) is 0 Å². The fourth-order valence-corrected chi connectivity index (χ4v) is 3.09. The third kappa shape index (κ3) is 2.65. The van der Waals surface area contributed by atoms with Gasteiger partial charge in [0, 0.05) is 6.07 Å². The Hall–Kier alpha value is -2.32. The van der Waals surface area contributed by atoms with Crippen LogP contribution in [0.4, 0.5) is 10.1 Å². The van der Waals surface area contributed by atoms with Gasteiger partial charge < -0.3 is 0 Å². The van der Waals surface area contributed by atoms with Crippen molar-refractivity contribution in [1.29, 1.82) is 0 Å². The smallest absolute Gasteiger partial charge is 0.258 e. The molecule has 20 heavy (non-hydrogen) atoms. The first-order valence-corrected chi connectivity index (χ1v) is 7.24. The van der Waals surface area contributed by atoms with Crippen LogP contribution in [0.25, 0.3) is 10.2 Å². The number of nitro groups is 1. The van der Waals surface area contributed by atoms with E-state index in [0.717, 1.165) is 21.6 Å². The second-order valence-corrected chi connectivity index (χ2v) is 5.91. The van der Waals surface area contributed by atoms with Crippen molar-refractivity contribution in [1.82, 2.24) is 4.98 Å². The van der Waals surface area contributed by atoms with Crippen LogP contribution in [-0.4, -0.2) is 16.1 Å². The summed E-state index contributed by atoms with van der Waals surface area (Å²) in [6, 6.07) is 10.9. The van der Waals surface area contributed by atoms with E-state index >= 15 is 0 Å². The van der Waals surface area contributed by atoms with Crippen molar-refractivity contribution in [3.63, 3.8) is 0 Å². The quantitative estimate of drug-likeness (QED) is 0.452. The van der Waals surface area contributed by atoms with E-state index in [2.05, 4.69) is 15.5 Å². The number of hydrazone groups is 1. The van der Waals surface area contributed by atoms with E-state index in [1.165, 1.54) is 17.4 Å². The van der Waals surface area contributed by atoms with Crippen molar-refractivity contribution >= 4 is 49.2 Å². The Morgan fingerprint density at radius 2 is 2.10 bits per heavy atom. The second kappa shape index (κ2) is 5.35. The lowest BCUT2D eigenvalue weighted by Crippen LogP contribution is -1.87. The molecule has 0 amide bonds. The van der Waals surface area contributed by atoms with Crippen LogP contribution in [0.3, 0.4) is 0 Å². The highest BCUT2D eigenvalue weighted by Crippen LogP contribution is 2.25. The average molecular weight is 304 g/mol. The average Bonchev–Trinajstić information content (AvgIpc) is 3.04. The van der Waals surface area contributed by atoms with Gasteiger partial charge >= 0.3 is 5.00 Å². The molecule has 3 aromatic rings. The Bertz CT molecular complexity index is 760. The van der Waals surface area contributed by atoms with Gasteiger partial charge in [0.25, 0.3) is 0 Å². The van der Waals surface area contributed by atoms with E-state index in [0.29, 0.717) is 10.0 Å². The Kier molecular flexibility index (Phi) is 3.40. The van der Waals surface area contributed by atoms with Crippen molar-refractivity contribution in [2.24, 2.45) is 5.10 Å². The van der Waals surface area contributed by atoms with Crippen LogP contribution in [0.2, 0.25) is 0 Å². The predicted octanol–water partition coefficient (Wildman–Crippen LogP) is 3.71. The second-order valence-electron chi connectivity index (χ2n) is 3.79. The van der Waals surface area contributed by atoms with Gasteiger partial charge in [0.1, 0.15) is 0 Å². The van der Waals surface area contributed by atoms with E-state index in [1.54, 1.807) is 12.3 Å². The molecule has 0 unspecified atom stereocenters. The Morgan fingerprint density at radius 3 is 2.85 bits per heavy atom. The minimum absolute atomic E-state index is 0.103. The number of para-hydroxylation sites is 1. The van der Waals surface area contributed by atoms with Gasteiger partial charge in [0.2, 0.25) is 5.13 Å². The molecule has 1 aromatic carbocycles. The van der Waals surface area contributed by atoms with Gasteiger partial charge in [0.15, 0.2) is 0 Å². The lowest BCUT2D eigenvalue weighted by atomic mass is 10.3. The van der Waals surface area contributed by atoms with Crippen molar-refractivity contribution in [2.75, 3.05) is 5.43 Å². The van der Waals surface area contributed by atoms with Crippen LogP contribution in [-0.2, 0) is 0 Å². The number of nitrogens with zero attached hydrogens (tertiary/aromatic N) is 3. The Labute approximate surface area is 121 Å². The first-order chi connectivity index (χ1) is 9.72. The molecule has 6 nitrogen and oxygen atoms in total. The van der Waals surface area contributed by atoms with Crippen molar-refractivity contribution in [2.45, 2.75) is 0 Å². The number of fused-ring (bicyclic) bond motifs is 1. The number of benzene rings is 1. The summed E-state index contributed by atoms with van der Waals surface area (Å²) in [5, 5.41) is 15.4. The van der Waals surface area contributed by atoms with Gasteiger partial charge in [-0.25, -0.2) is 4.98 Å². The maximum atomic E-state index is 10.6. The van der Waals surface area contributed by atoms with Crippen LogP contribution in [0.5, 0.6) is 0 Å². The molecule has 0 atom stereocenters. The maximum Gasteiger partial charge on any atom is 0.324 e. The van der Waals surface area contributed by atoms with E-state index in [1.807, 2.05) is 24.3 Å². The van der Waals surface area contributed by atoms with Crippen LogP contribution in [0.1, 0.15) is 4.88 Å². The Morgan fingerprint density at radius 1 is 1.25 bits per heavy atom. The normalized spacial score (nSPS) is 11.2. The highest BCUT2D eigenvalue weighted by Gasteiger charge is 2.08. The molecule has 0 aliphatic carbocycles. The lowest BCUT2D eigenvalue weighted by molar-refractivity contribution is -0.380. The van der Waals surface area contributed by atoms with Gasteiger partial charge in [-0.3, -0.25) is 15.5 Å².